The van der Waals surface area contributed by atoms with E-state index in [1.807, 2.05) is 46.8 Å². The van der Waals surface area contributed by atoms with Crippen molar-refractivity contribution in [2.75, 3.05) is 13.7 Å². The van der Waals surface area contributed by atoms with Crippen LogP contribution < -0.4 is 0 Å². The van der Waals surface area contributed by atoms with E-state index in [2.05, 4.69) is 16.9 Å². The van der Waals surface area contributed by atoms with Crippen LogP contribution in [0.25, 0.3) is 0 Å². The summed E-state index contributed by atoms with van der Waals surface area (Å²) < 4.78 is 16.2. The number of carbonyl (C=O) groups excluding carboxylic acids is 2. The Morgan fingerprint density at radius 1 is 1.15 bits per heavy atom. The number of rotatable bonds is 10. The molecule has 1 aromatic rings. The van der Waals surface area contributed by atoms with Crippen LogP contribution in [0, 0.1) is 5.92 Å². The first-order chi connectivity index (χ1) is 15.9. The quantitative estimate of drug-likeness (QED) is 0.299. The molecular weight excluding hydrogens is 438 g/mol. The molecule has 2 atom stereocenters. The highest BCUT2D eigenvalue weighted by Gasteiger charge is 2.45. The Balaban J connectivity index is 1.99. The minimum absolute atomic E-state index is 0.137. The number of aliphatic carboxylic acids is 1. The summed E-state index contributed by atoms with van der Waals surface area (Å²) in [6.45, 7) is 9.74. The molecule has 1 heterocycles. The van der Waals surface area contributed by atoms with Crippen LogP contribution in [-0.2, 0) is 36.6 Å². The average Bonchev–Trinajstić information content (AvgIpc) is 3.03. The molecule has 1 amide bonds. The highest BCUT2D eigenvalue weighted by Crippen LogP contribution is 2.32. The van der Waals surface area contributed by atoms with Gasteiger partial charge in [-0.3, -0.25) is 14.5 Å². The minimum Gasteiger partial charge on any atom is -0.481 e. The minimum atomic E-state index is -1.14. The van der Waals surface area contributed by atoms with E-state index in [9.17, 15) is 19.5 Å². The predicted molar refractivity (Wildman–Crippen MR) is 127 cm³/mol. The van der Waals surface area contributed by atoms with Gasteiger partial charge in [0.2, 0.25) is 0 Å². The van der Waals surface area contributed by atoms with Crippen LogP contribution in [0.1, 0.15) is 71.4 Å². The monoisotopic (exact) mass is 477 g/mol. The molecule has 1 aromatic carbocycles. The lowest BCUT2D eigenvalue weighted by Crippen LogP contribution is -2.50. The van der Waals surface area contributed by atoms with Gasteiger partial charge in [0.1, 0.15) is 11.3 Å². The number of unbranched alkanes of at least 4 members (excludes halogenated alkanes) is 2. The lowest BCUT2D eigenvalue weighted by atomic mass is 9.95. The summed E-state index contributed by atoms with van der Waals surface area (Å²) in [5, 5.41) is 9.19. The van der Waals surface area contributed by atoms with Gasteiger partial charge in [0, 0.05) is 0 Å². The molecule has 190 valence electrons. The fourth-order valence-electron chi connectivity index (χ4n) is 4.29. The largest absolute Gasteiger partial charge is 0.481 e. The van der Waals surface area contributed by atoms with E-state index in [1.165, 1.54) is 12.7 Å². The molecule has 0 saturated carbocycles. The molecule has 8 heteroatoms. The molecule has 2 rings (SSSR count). The molecule has 8 nitrogen and oxygen atoms in total. The molecule has 1 aliphatic rings. The third-order valence-corrected chi connectivity index (χ3v) is 5.96. The van der Waals surface area contributed by atoms with Crippen molar-refractivity contribution in [1.82, 2.24) is 4.90 Å². The van der Waals surface area contributed by atoms with Gasteiger partial charge in [-0.15, -0.1) is 0 Å². The zero-order valence-electron chi connectivity index (χ0n) is 21.3. The summed E-state index contributed by atoms with van der Waals surface area (Å²) in [6.07, 6.45) is 3.67. The first-order valence-electron chi connectivity index (χ1n) is 11.9. The van der Waals surface area contributed by atoms with E-state index in [0.29, 0.717) is 19.4 Å². The number of aryl methyl sites for hydroxylation is 1. The maximum atomic E-state index is 12.9. The lowest BCUT2D eigenvalue weighted by molar-refractivity contribution is -0.157. The van der Waals surface area contributed by atoms with Crippen molar-refractivity contribution in [2.45, 2.75) is 90.5 Å². The molecule has 1 saturated heterocycles. The Morgan fingerprint density at radius 2 is 1.79 bits per heavy atom. The first-order valence-corrected chi connectivity index (χ1v) is 11.9. The molecule has 2 unspecified atom stereocenters. The Labute approximate surface area is 202 Å². The molecule has 1 N–H and O–H groups in total. The van der Waals surface area contributed by atoms with E-state index >= 15 is 0 Å². The first kappa shape index (κ1) is 27.6. The van der Waals surface area contributed by atoms with Crippen LogP contribution >= 0.6 is 0 Å². The number of ether oxygens (including phenoxy) is 3. The second-order valence-electron chi connectivity index (χ2n) is 10.2. The van der Waals surface area contributed by atoms with Crippen LogP contribution in [0.4, 0.5) is 4.79 Å². The highest BCUT2D eigenvalue weighted by molar-refractivity contribution is 5.93. The molecule has 1 fully saturated rings. The summed E-state index contributed by atoms with van der Waals surface area (Å²) >= 11 is 0. The third-order valence-electron chi connectivity index (χ3n) is 5.96. The number of nitrogens with zero attached hydrogens (tertiary/aromatic N) is 1. The smallest absolute Gasteiger partial charge is 0.412 e. The third kappa shape index (κ3) is 7.72. The lowest BCUT2D eigenvalue weighted by Gasteiger charge is -2.35. The normalized spacial score (nSPS) is 18.4. The van der Waals surface area contributed by atoms with Crippen molar-refractivity contribution in [1.29, 1.82) is 0 Å². The van der Waals surface area contributed by atoms with Crippen LogP contribution in [0.15, 0.2) is 24.3 Å². The van der Waals surface area contributed by atoms with Crippen LogP contribution in [0.3, 0.4) is 0 Å². The maximum Gasteiger partial charge on any atom is 0.412 e. The van der Waals surface area contributed by atoms with E-state index < -0.39 is 29.2 Å². The van der Waals surface area contributed by atoms with Crippen LogP contribution in [0.5, 0.6) is 0 Å². The summed E-state index contributed by atoms with van der Waals surface area (Å²) in [4.78, 5) is 37.5. The molecule has 0 spiro atoms. The summed E-state index contributed by atoms with van der Waals surface area (Å²) in [6, 6.07) is 8.01. The number of amides is 1. The van der Waals surface area contributed by atoms with Gasteiger partial charge in [0.25, 0.3) is 0 Å². The van der Waals surface area contributed by atoms with Gasteiger partial charge in [-0.1, -0.05) is 37.1 Å². The molecule has 0 aromatic heterocycles. The number of benzene rings is 1. The van der Waals surface area contributed by atoms with Gasteiger partial charge in [-0.25, -0.2) is 4.79 Å². The zero-order valence-corrected chi connectivity index (χ0v) is 21.3. The number of esters is 1. The zero-order chi connectivity index (χ0) is 25.5. The van der Waals surface area contributed by atoms with E-state index in [0.717, 1.165) is 24.8 Å². The number of hydrogen-bond donors (Lipinski definition) is 1. The molecule has 34 heavy (non-hydrogen) atoms. The molecule has 0 bridgehead atoms. The van der Waals surface area contributed by atoms with Gasteiger partial charge in [0.05, 0.1) is 19.8 Å². The standard InChI is InChI=1S/C26H39NO7/c1-25(2,3)34-24(31)27-20(17-33-26(27,4)5)16-19-14-11-10-13-18(19)12-8-7-9-15-21(22(28)29)23(30)32-6/h10-11,13-14,20-21H,7-9,12,15-17H2,1-6H3,(H,28,29). The summed E-state index contributed by atoms with van der Waals surface area (Å²) in [5.41, 5.74) is 1.01. The van der Waals surface area contributed by atoms with Crippen molar-refractivity contribution in [3.05, 3.63) is 35.4 Å². The maximum absolute atomic E-state index is 12.9. The van der Waals surface area contributed by atoms with Gasteiger partial charge in [-0.2, -0.15) is 0 Å². The topological polar surface area (TPSA) is 102 Å². The molecule has 1 aliphatic heterocycles. The SMILES string of the molecule is COC(=O)C(CCCCCc1ccccc1CC1COC(C)(C)N1C(=O)OC(C)(C)C)C(=O)O. The number of carbonyl (C=O) groups is 3. The Bertz CT molecular complexity index is 859. The summed E-state index contributed by atoms with van der Waals surface area (Å²) in [5.74, 6) is -2.95. The van der Waals surface area contributed by atoms with Crippen molar-refractivity contribution in [3.63, 3.8) is 0 Å². The van der Waals surface area contributed by atoms with Crippen molar-refractivity contribution in [2.24, 2.45) is 5.92 Å². The number of hydrogen-bond acceptors (Lipinski definition) is 6. The van der Waals surface area contributed by atoms with Gasteiger partial charge in [-0.05, 0) is 71.4 Å². The van der Waals surface area contributed by atoms with Crippen molar-refractivity contribution in [3.8, 4) is 0 Å². The van der Waals surface area contributed by atoms with E-state index in [-0.39, 0.29) is 18.6 Å². The van der Waals surface area contributed by atoms with E-state index in [4.69, 9.17) is 9.47 Å². The number of carboxylic acids is 1. The molecular formula is C26H39NO7. The second-order valence-corrected chi connectivity index (χ2v) is 10.2. The molecule has 0 aliphatic carbocycles. The number of methoxy groups -OCH3 is 1. The van der Waals surface area contributed by atoms with Crippen molar-refractivity contribution < 1.29 is 33.7 Å². The van der Waals surface area contributed by atoms with E-state index in [1.54, 1.807) is 4.90 Å². The van der Waals surface area contributed by atoms with Crippen LogP contribution in [-0.4, -0.2) is 59.1 Å². The number of carboxylic acid groups (broad SMARTS) is 1. The second kappa shape index (κ2) is 11.7. The highest BCUT2D eigenvalue weighted by atomic mass is 16.6. The fourth-order valence-corrected chi connectivity index (χ4v) is 4.29. The van der Waals surface area contributed by atoms with Gasteiger partial charge < -0.3 is 19.3 Å². The fraction of sp³-hybridized carbons (Fsp3) is 0.654. The molecule has 0 radical (unpaired) electrons. The van der Waals surface area contributed by atoms with Crippen LogP contribution in [0.2, 0.25) is 0 Å². The van der Waals surface area contributed by atoms with Crippen molar-refractivity contribution >= 4 is 18.0 Å². The summed E-state index contributed by atoms with van der Waals surface area (Å²) in [7, 11) is 1.20. The van der Waals surface area contributed by atoms with Gasteiger partial charge >= 0.3 is 18.0 Å². The Kier molecular flexibility index (Phi) is 9.50. The van der Waals surface area contributed by atoms with Gasteiger partial charge in [0.15, 0.2) is 5.92 Å². The predicted octanol–water partition coefficient (Wildman–Crippen LogP) is 4.58. The Morgan fingerprint density at radius 3 is 2.38 bits per heavy atom. The Hall–Kier alpha value is -2.61. The average molecular weight is 478 g/mol.